The van der Waals surface area contributed by atoms with Gasteiger partial charge < -0.3 is 9.84 Å². The number of esters is 1. The molecule has 34 heavy (non-hydrogen) atoms. The number of carboxylic acids is 1. The van der Waals surface area contributed by atoms with E-state index in [0.29, 0.717) is 25.7 Å². The zero-order valence-electron chi connectivity index (χ0n) is 21.9. The molecule has 0 radical (unpaired) electrons. The Balaban J connectivity index is 5.58. The van der Waals surface area contributed by atoms with E-state index in [2.05, 4.69) is 20.8 Å². The molecule has 0 aromatic carbocycles. The molecule has 0 rings (SSSR count). The van der Waals surface area contributed by atoms with Crippen LogP contribution in [0.1, 0.15) is 136 Å². The lowest BCUT2D eigenvalue weighted by molar-refractivity contribution is -0.157. The first-order chi connectivity index (χ1) is 16.2. The van der Waals surface area contributed by atoms with Crippen molar-refractivity contribution >= 4 is 22.1 Å². The minimum atomic E-state index is -5.06. The third kappa shape index (κ3) is 12.0. The lowest BCUT2D eigenvalue weighted by Gasteiger charge is -2.33. The van der Waals surface area contributed by atoms with Crippen LogP contribution in [0, 0.1) is 5.92 Å². The predicted molar refractivity (Wildman–Crippen MR) is 136 cm³/mol. The second kappa shape index (κ2) is 19.1. The molecule has 0 bridgehead atoms. The molecule has 0 fully saturated rings. The van der Waals surface area contributed by atoms with Gasteiger partial charge in [-0.1, -0.05) is 117 Å². The zero-order valence-corrected chi connectivity index (χ0v) is 22.7. The van der Waals surface area contributed by atoms with Gasteiger partial charge in [-0.2, -0.15) is 8.42 Å². The van der Waals surface area contributed by atoms with Gasteiger partial charge in [0.1, 0.15) is 0 Å². The van der Waals surface area contributed by atoms with Crippen molar-refractivity contribution in [2.24, 2.45) is 5.92 Å². The number of unbranched alkanes of at least 4 members (excludes halogenated alkanes) is 13. The highest BCUT2D eigenvalue weighted by atomic mass is 32.2. The van der Waals surface area contributed by atoms with E-state index in [1.807, 2.05) is 0 Å². The van der Waals surface area contributed by atoms with Crippen LogP contribution in [-0.2, 0) is 24.4 Å². The van der Waals surface area contributed by atoms with Gasteiger partial charge in [-0.15, -0.1) is 0 Å². The largest absolute Gasteiger partial charge is 0.480 e. The van der Waals surface area contributed by atoms with Crippen molar-refractivity contribution in [1.82, 2.24) is 0 Å². The Bertz CT molecular complexity index is 648. The Kier molecular flexibility index (Phi) is 18.4. The standard InChI is InChI=1S/C26H50O7S/c1-4-7-10-13-15-17-20-23(24(27)33-22-19-12-9-6-3)26(25(28)29,34(30,31)32)21-18-16-14-11-8-5-2/h23H,4-22H2,1-3H3,(H,28,29)(H,30,31,32). The van der Waals surface area contributed by atoms with Gasteiger partial charge in [-0.25, -0.2) is 0 Å². The highest BCUT2D eigenvalue weighted by molar-refractivity contribution is 7.88. The van der Waals surface area contributed by atoms with Crippen molar-refractivity contribution in [1.29, 1.82) is 0 Å². The number of ether oxygens (including phenoxy) is 1. The fourth-order valence-electron chi connectivity index (χ4n) is 4.49. The van der Waals surface area contributed by atoms with Gasteiger partial charge in [0.05, 0.1) is 12.5 Å². The average molecular weight is 507 g/mol. The molecule has 2 unspecified atom stereocenters. The summed E-state index contributed by atoms with van der Waals surface area (Å²) < 4.78 is 38.1. The van der Waals surface area contributed by atoms with Crippen LogP contribution < -0.4 is 0 Å². The van der Waals surface area contributed by atoms with Gasteiger partial charge >= 0.3 is 11.9 Å². The third-order valence-corrected chi connectivity index (χ3v) is 8.24. The molecule has 8 heteroatoms. The highest BCUT2D eigenvalue weighted by Gasteiger charge is 2.59. The summed E-state index contributed by atoms with van der Waals surface area (Å²) >= 11 is 0. The summed E-state index contributed by atoms with van der Waals surface area (Å²) in [5, 5.41) is 10.1. The molecule has 7 nitrogen and oxygen atoms in total. The van der Waals surface area contributed by atoms with Crippen LogP contribution in [0.5, 0.6) is 0 Å². The zero-order chi connectivity index (χ0) is 25.9. The molecule has 0 aromatic rings. The van der Waals surface area contributed by atoms with Crippen LogP contribution >= 0.6 is 0 Å². The topological polar surface area (TPSA) is 118 Å². The van der Waals surface area contributed by atoms with E-state index in [-0.39, 0.29) is 19.4 Å². The molecule has 0 aliphatic rings. The van der Waals surface area contributed by atoms with Crippen LogP contribution in [0.15, 0.2) is 0 Å². The summed E-state index contributed by atoms with van der Waals surface area (Å²) in [4.78, 5) is 25.5. The monoisotopic (exact) mass is 506 g/mol. The Morgan fingerprint density at radius 2 is 1.18 bits per heavy atom. The van der Waals surface area contributed by atoms with Gasteiger partial charge in [0.15, 0.2) is 0 Å². The van der Waals surface area contributed by atoms with Gasteiger partial charge in [-0.05, 0) is 19.3 Å². The Morgan fingerprint density at radius 1 is 0.735 bits per heavy atom. The fourth-order valence-corrected chi connectivity index (χ4v) is 5.69. The molecule has 0 aliphatic heterocycles. The molecule has 0 saturated carbocycles. The lowest BCUT2D eigenvalue weighted by atomic mass is 9.82. The van der Waals surface area contributed by atoms with E-state index in [4.69, 9.17) is 4.74 Å². The Morgan fingerprint density at radius 3 is 1.65 bits per heavy atom. The second-order valence-corrected chi connectivity index (χ2v) is 11.2. The summed E-state index contributed by atoms with van der Waals surface area (Å²) in [6.07, 6.45) is 13.7. The first kappa shape index (κ1) is 32.8. The quantitative estimate of drug-likeness (QED) is 0.0875. The number of hydrogen-bond donors (Lipinski definition) is 2. The average Bonchev–Trinajstić information content (AvgIpc) is 2.77. The molecular weight excluding hydrogens is 456 g/mol. The lowest BCUT2D eigenvalue weighted by Crippen LogP contribution is -2.55. The molecule has 0 aliphatic carbocycles. The molecular formula is C26H50O7S. The SMILES string of the molecule is CCCCCCCCC(C(=O)OCCCCCC)C(CCCCCCCC)(C(=O)O)S(=O)(=O)O. The van der Waals surface area contributed by atoms with E-state index < -0.39 is 32.7 Å². The van der Waals surface area contributed by atoms with Crippen molar-refractivity contribution in [3.63, 3.8) is 0 Å². The normalized spacial score (nSPS) is 14.5. The number of carbonyl (C=O) groups is 2. The number of rotatable bonds is 23. The van der Waals surface area contributed by atoms with E-state index in [9.17, 15) is 27.7 Å². The van der Waals surface area contributed by atoms with Crippen LogP contribution in [0.4, 0.5) is 0 Å². The predicted octanol–water partition coefficient (Wildman–Crippen LogP) is 6.94. The summed E-state index contributed by atoms with van der Waals surface area (Å²) in [6.45, 7) is 6.40. The molecule has 2 atom stereocenters. The summed E-state index contributed by atoms with van der Waals surface area (Å²) in [6, 6.07) is 0. The smallest absolute Gasteiger partial charge is 0.328 e. The van der Waals surface area contributed by atoms with E-state index in [1.165, 1.54) is 0 Å². The van der Waals surface area contributed by atoms with Crippen molar-refractivity contribution in [3.8, 4) is 0 Å². The second-order valence-electron chi connectivity index (χ2n) is 9.52. The van der Waals surface area contributed by atoms with E-state index in [0.717, 1.165) is 77.0 Å². The van der Waals surface area contributed by atoms with E-state index in [1.54, 1.807) is 0 Å². The third-order valence-electron chi connectivity index (χ3n) is 6.66. The van der Waals surface area contributed by atoms with Crippen LogP contribution in [0.25, 0.3) is 0 Å². The molecule has 0 saturated heterocycles. The molecule has 0 heterocycles. The Hall–Kier alpha value is -1.15. The Labute approximate surface area is 208 Å². The number of carboxylic acid groups (broad SMARTS) is 1. The number of hydrogen-bond acceptors (Lipinski definition) is 5. The maximum atomic E-state index is 13.1. The minimum absolute atomic E-state index is 0.0713. The van der Waals surface area contributed by atoms with Crippen molar-refractivity contribution < 1.29 is 32.4 Å². The van der Waals surface area contributed by atoms with Gasteiger partial charge in [0, 0.05) is 0 Å². The van der Waals surface area contributed by atoms with E-state index >= 15 is 0 Å². The van der Waals surface area contributed by atoms with Crippen LogP contribution in [0.2, 0.25) is 0 Å². The van der Waals surface area contributed by atoms with Gasteiger partial charge in [-0.3, -0.25) is 14.1 Å². The minimum Gasteiger partial charge on any atom is -0.480 e. The van der Waals surface area contributed by atoms with Crippen molar-refractivity contribution in [2.75, 3.05) is 6.61 Å². The highest BCUT2D eigenvalue weighted by Crippen LogP contribution is 2.37. The van der Waals surface area contributed by atoms with Crippen molar-refractivity contribution in [2.45, 2.75) is 141 Å². The maximum Gasteiger partial charge on any atom is 0.328 e. The van der Waals surface area contributed by atoms with Gasteiger partial charge in [0.2, 0.25) is 4.75 Å². The summed E-state index contributed by atoms with van der Waals surface area (Å²) in [7, 11) is -5.06. The summed E-state index contributed by atoms with van der Waals surface area (Å²) in [5.74, 6) is -3.91. The van der Waals surface area contributed by atoms with Crippen LogP contribution in [0.3, 0.4) is 0 Å². The van der Waals surface area contributed by atoms with Gasteiger partial charge in [0.25, 0.3) is 10.1 Å². The first-order valence-corrected chi connectivity index (χ1v) is 15.0. The van der Waals surface area contributed by atoms with Crippen LogP contribution in [-0.4, -0.2) is 41.4 Å². The molecule has 0 aromatic heterocycles. The van der Waals surface area contributed by atoms with Crippen molar-refractivity contribution in [3.05, 3.63) is 0 Å². The maximum absolute atomic E-state index is 13.1. The number of carbonyl (C=O) groups excluding carboxylic acids is 1. The number of aliphatic carboxylic acids is 1. The summed E-state index contributed by atoms with van der Waals surface area (Å²) in [5.41, 5.74) is 0. The molecule has 0 amide bonds. The molecule has 202 valence electrons. The molecule has 2 N–H and O–H groups in total. The molecule has 0 spiro atoms. The fraction of sp³-hybridized carbons (Fsp3) is 0.923. The first-order valence-electron chi connectivity index (χ1n) is 13.6.